The minimum atomic E-state index is -0.507. The number of aliphatic imine (C=N–C) groups is 1. The third-order valence-electron chi connectivity index (χ3n) is 5.53. The molecule has 0 amide bonds. The summed E-state index contributed by atoms with van der Waals surface area (Å²) in [5.41, 5.74) is 1.00. The number of ether oxygens (including phenoxy) is 1. The molecule has 2 aromatic carbocycles. The van der Waals surface area contributed by atoms with Crippen molar-refractivity contribution in [3.63, 3.8) is 0 Å². The highest BCUT2D eigenvalue weighted by Gasteiger charge is 2.17. The number of aliphatic hydroxyl groups is 1. The van der Waals surface area contributed by atoms with E-state index in [2.05, 4.69) is 18.8 Å². The summed E-state index contributed by atoms with van der Waals surface area (Å²) in [5, 5.41) is 9.72. The van der Waals surface area contributed by atoms with Crippen LogP contribution < -0.4 is 16.0 Å². The molecule has 0 saturated carbocycles. The van der Waals surface area contributed by atoms with Gasteiger partial charge < -0.3 is 14.7 Å². The van der Waals surface area contributed by atoms with Crippen LogP contribution in [0, 0.1) is 0 Å². The van der Waals surface area contributed by atoms with E-state index in [1.165, 1.54) is 10.6 Å². The second-order valence-corrected chi connectivity index (χ2v) is 9.02. The minimum Gasteiger partial charge on any atom is -0.425 e. The molecule has 0 spiro atoms. The Morgan fingerprint density at radius 1 is 1.14 bits per heavy atom. The van der Waals surface area contributed by atoms with Crippen LogP contribution in [-0.4, -0.2) is 38.8 Å². The molecule has 1 N–H and O–H groups in total. The van der Waals surface area contributed by atoms with Crippen molar-refractivity contribution in [3.8, 4) is 5.75 Å². The lowest BCUT2D eigenvalue weighted by Crippen LogP contribution is -2.39. The van der Waals surface area contributed by atoms with Crippen LogP contribution in [0.5, 0.6) is 5.75 Å². The van der Waals surface area contributed by atoms with Gasteiger partial charge in [-0.2, -0.15) is 4.99 Å². The largest absolute Gasteiger partial charge is 0.425 e. The van der Waals surface area contributed by atoms with E-state index >= 15 is 0 Å². The highest BCUT2D eigenvalue weighted by Crippen LogP contribution is 2.27. The summed E-state index contributed by atoms with van der Waals surface area (Å²) >= 11 is 6.02. The van der Waals surface area contributed by atoms with Crippen molar-refractivity contribution in [1.29, 1.82) is 0 Å². The van der Waals surface area contributed by atoms with Crippen LogP contribution in [0.4, 0.5) is 5.82 Å². The number of nitrogens with zero attached hydrogens (tertiary/aromatic N) is 4. The maximum Gasteiger partial charge on any atom is 0.332 e. The Morgan fingerprint density at radius 3 is 2.49 bits per heavy atom. The Hall–Kier alpha value is -3.36. The first-order valence-electron chi connectivity index (χ1n) is 11.4. The third kappa shape index (κ3) is 6.61. The number of rotatable bonds is 8. The van der Waals surface area contributed by atoms with Gasteiger partial charge in [-0.25, -0.2) is 4.79 Å². The molecule has 0 bridgehead atoms. The molecule has 3 aromatic rings. The summed E-state index contributed by atoms with van der Waals surface area (Å²) in [6.07, 6.45) is 0.307. The molecular formula is C26H31ClN4O4. The second-order valence-electron chi connectivity index (χ2n) is 8.58. The summed E-state index contributed by atoms with van der Waals surface area (Å²) in [4.78, 5) is 31.8. The first-order valence-corrected chi connectivity index (χ1v) is 11.8. The van der Waals surface area contributed by atoms with Crippen LogP contribution in [0.25, 0.3) is 0 Å². The van der Waals surface area contributed by atoms with Gasteiger partial charge in [0.1, 0.15) is 11.6 Å². The lowest BCUT2D eigenvalue weighted by molar-refractivity contribution is 0.277. The third-order valence-corrected chi connectivity index (χ3v) is 5.78. The molecule has 0 radical (unpaired) electrons. The summed E-state index contributed by atoms with van der Waals surface area (Å²) in [7, 11) is 3.38. The van der Waals surface area contributed by atoms with Crippen molar-refractivity contribution in [2.45, 2.75) is 39.3 Å². The van der Waals surface area contributed by atoms with Crippen molar-refractivity contribution in [2.75, 3.05) is 13.7 Å². The summed E-state index contributed by atoms with van der Waals surface area (Å²) in [6.45, 7) is 4.63. The highest BCUT2D eigenvalue weighted by atomic mass is 35.5. The molecule has 0 unspecified atom stereocenters. The van der Waals surface area contributed by atoms with Gasteiger partial charge in [-0.15, -0.1) is 0 Å². The van der Waals surface area contributed by atoms with E-state index < -0.39 is 11.2 Å². The lowest BCUT2D eigenvalue weighted by atomic mass is 10.0. The molecule has 1 heterocycles. The number of para-hydroxylation sites is 1. The van der Waals surface area contributed by atoms with E-state index in [0.29, 0.717) is 23.7 Å². The fourth-order valence-corrected chi connectivity index (χ4v) is 3.69. The lowest BCUT2D eigenvalue weighted by Gasteiger charge is -2.23. The van der Waals surface area contributed by atoms with Gasteiger partial charge in [-0.05, 0) is 41.7 Å². The Bertz CT molecular complexity index is 1300. The van der Waals surface area contributed by atoms with Gasteiger partial charge in [-0.1, -0.05) is 55.8 Å². The van der Waals surface area contributed by atoms with Crippen molar-refractivity contribution in [2.24, 2.45) is 12.0 Å². The molecule has 9 heteroatoms. The molecule has 0 aliphatic carbocycles. The molecule has 35 heavy (non-hydrogen) atoms. The number of hydrogen-bond donors (Lipinski definition) is 1. The number of halogens is 1. The predicted octanol–water partition coefficient (Wildman–Crippen LogP) is 3.90. The fraction of sp³-hybridized carbons (Fsp3) is 0.346. The van der Waals surface area contributed by atoms with Crippen molar-refractivity contribution in [3.05, 3.63) is 91.6 Å². The van der Waals surface area contributed by atoms with E-state index in [9.17, 15) is 9.59 Å². The second kappa shape index (κ2) is 11.9. The number of aliphatic hydroxyl groups excluding tert-OH is 1. The fourth-order valence-electron chi connectivity index (χ4n) is 3.56. The highest BCUT2D eigenvalue weighted by molar-refractivity contribution is 6.30. The van der Waals surface area contributed by atoms with Crippen LogP contribution in [0.3, 0.4) is 0 Å². The average molecular weight is 499 g/mol. The van der Waals surface area contributed by atoms with Gasteiger partial charge >= 0.3 is 5.69 Å². The van der Waals surface area contributed by atoms with Crippen molar-refractivity contribution < 1.29 is 9.84 Å². The van der Waals surface area contributed by atoms with E-state index in [1.807, 2.05) is 60.5 Å². The van der Waals surface area contributed by atoms with E-state index in [0.717, 1.165) is 15.7 Å². The van der Waals surface area contributed by atoms with Gasteiger partial charge in [0.2, 0.25) is 0 Å². The monoisotopic (exact) mass is 498 g/mol. The maximum absolute atomic E-state index is 12.8. The zero-order valence-electron chi connectivity index (χ0n) is 20.4. The van der Waals surface area contributed by atoms with Crippen molar-refractivity contribution >= 4 is 23.4 Å². The summed E-state index contributed by atoms with van der Waals surface area (Å²) in [6, 6.07) is 16.7. The molecule has 0 aliphatic heterocycles. The normalized spacial score (nSPS) is 11.7. The van der Waals surface area contributed by atoms with Crippen LogP contribution in [-0.2, 0) is 20.1 Å². The topological polar surface area (TPSA) is 89.1 Å². The predicted molar refractivity (Wildman–Crippen MR) is 139 cm³/mol. The van der Waals surface area contributed by atoms with Gasteiger partial charge in [0, 0.05) is 44.9 Å². The van der Waals surface area contributed by atoms with E-state index in [-0.39, 0.29) is 30.9 Å². The summed E-state index contributed by atoms with van der Waals surface area (Å²) in [5.74, 6) is 1.03. The minimum absolute atomic E-state index is 0.113. The Balaban J connectivity index is 2.06. The molecule has 0 saturated heterocycles. The SMILES string of the molecule is CC(C)c1ccccc1O/C(=N/c1cc(=O)n(CCCO)c(=O)n1C)N(C)Cc1ccc(Cl)cc1. The zero-order valence-corrected chi connectivity index (χ0v) is 21.2. The van der Waals surface area contributed by atoms with Crippen LogP contribution in [0.2, 0.25) is 5.02 Å². The first-order chi connectivity index (χ1) is 16.7. The first kappa shape index (κ1) is 26.2. The molecule has 3 rings (SSSR count). The van der Waals surface area contributed by atoms with Crippen LogP contribution in [0.1, 0.15) is 37.3 Å². The van der Waals surface area contributed by atoms with Gasteiger partial charge in [0.25, 0.3) is 11.6 Å². The Labute approximate surface area is 209 Å². The Morgan fingerprint density at radius 2 is 1.83 bits per heavy atom. The molecular weight excluding hydrogens is 468 g/mol. The van der Waals surface area contributed by atoms with Crippen molar-refractivity contribution in [1.82, 2.24) is 14.0 Å². The molecule has 1 aromatic heterocycles. The maximum atomic E-state index is 12.8. The quantitative estimate of drug-likeness (QED) is 0.376. The number of hydrogen-bond acceptors (Lipinski definition) is 5. The number of amidine groups is 1. The standard InChI is InChI=1S/C26H31ClN4O4/c1-18(2)21-8-5-6-9-22(21)35-25(29(3)17-19-10-12-20(27)13-11-19)28-23-16-24(33)31(14-7-15-32)26(34)30(23)4/h5-6,8-13,16,18,32H,7,14-15,17H2,1-4H3/b28-25+. The van der Waals surface area contributed by atoms with Gasteiger partial charge in [0.05, 0.1) is 0 Å². The molecule has 8 nitrogen and oxygen atoms in total. The molecule has 0 atom stereocenters. The number of aromatic nitrogens is 2. The Kier molecular flexibility index (Phi) is 8.89. The average Bonchev–Trinajstić information content (AvgIpc) is 2.83. The smallest absolute Gasteiger partial charge is 0.332 e. The van der Waals surface area contributed by atoms with Crippen LogP contribution in [0.15, 0.2) is 69.2 Å². The summed E-state index contributed by atoms with van der Waals surface area (Å²) < 4.78 is 8.67. The molecule has 0 aliphatic rings. The number of benzene rings is 2. The molecule has 186 valence electrons. The van der Waals surface area contributed by atoms with Gasteiger partial charge in [-0.3, -0.25) is 13.9 Å². The van der Waals surface area contributed by atoms with E-state index in [1.54, 1.807) is 7.05 Å². The van der Waals surface area contributed by atoms with Crippen LogP contribution >= 0.6 is 11.6 Å². The zero-order chi connectivity index (χ0) is 25.5. The van der Waals surface area contributed by atoms with Gasteiger partial charge in [0.15, 0.2) is 0 Å². The van der Waals surface area contributed by atoms with E-state index in [4.69, 9.17) is 21.4 Å². The molecule has 0 fully saturated rings.